The van der Waals surface area contributed by atoms with Crippen LogP contribution in [0.25, 0.3) is 4.96 Å². The predicted octanol–water partition coefficient (Wildman–Crippen LogP) is 2.09. The maximum atomic E-state index is 12.1. The van der Waals surface area contributed by atoms with E-state index in [1.165, 1.54) is 35.1 Å². The minimum absolute atomic E-state index is 0.0656. The second-order valence-corrected chi connectivity index (χ2v) is 5.98. The first-order valence-electron chi connectivity index (χ1n) is 6.92. The lowest BCUT2D eigenvalue weighted by Gasteiger charge is -2.27. The van der Waals surface area contributed by atoms with E-state index in [2.05, 4.69) is 21.9 Å². The first-order chi connectivity index (χ1) is 9.28. The highest BCUT2D eigenvalue weighted by Crippen LogP contribution is 2.19. The molecule has 2 aromatic rings. The number of hydrogen-bond donors (Lipinski definition) is 0. The molecule has 6 heteroatoms. The average Bonchev–Trinajstić information content (AvgIpc) is 2.83. The molecule has 1 aliphatic rings. The van der Waals surface area contributed by atoms with Crippen molar-refractivity contribution in [2.45, 2.75) is 39.0 Å². The Labute approximate surface area is 115 Å². The normalized spacial score (nSPS) is 16.2. The highest BCUT2D eigenvalue weighted by molar-refractivity contribution is 7.16. The van der Waals surface area contributed by atoms with Crippen LogP contribution in [-0.2, 0) is 6.42 Å². The van der Waals surface area contributed by atoms with Crippen molar-refractivity contribution < 1.29 is 0 Å². The molecule has 0 unspecified atom stereocenters. The Hall–Kier alpha value is -1.43. The number of rotatable bonds is 3. The molecular weight excluding hydrogens is 260 g/mol. The van der Waals surface area contributed by atoms with Gasteiger partial charge in [-0.2, -0.15) is 9.61 Å². The Kier molecular flexibility index (Phi) is 3.50. The Bertz CT molecular complexity index is 627. The SMILES string of the molecule is CCCc1nn2c(=O)cc(N3CCCCC3)nc2s1. The molecule has 0 bridgehead atoms. The molecule has 1 saturated heterocycles. The van der Waals surface area contributed by atoms with E-state index in [-0.39, 0.29) is 5.56 Å². The van der Waals surface area contributed by atoms with Crippen molar-refractivity contribution in [3.05, 3.63) is 21.4 Å². The highest BCUT2D eigenvalue weighted by atomic mass is 32.1. The van der Waals surface area contributed by atoms with E-state index in [4.69, 9.17) is 0 Å². The summed E-state index contributed by atoms with van der Waals surface area (Å²) < 4.78 is 1.43. The van der Waals surface area contributed by atoms with E-state index >= 15 is 0 Å². The van der Waals surface area contributed by atoms with E-state index in [9.17, 15) is 4.79 Å². The van der Waals surface area contributed by atoms with E-state index in [0.29, 0.717) is 0 Å². The fourth-order valence-electron chi connectivity index (χ4n) is 2.44. The zero-order chi connectivity index (χ0) is 13.2. The first kappa shape index (κ1) is 12.6. The van der Waals surface area contributed by atoms with Crippen molar-refractivity contribution in [3.63, 3.8) is 0 Å². The van der Waals surface area contributed by atoms with Gasteiger partial charge >= 0.3 is 0 Å². The maximum absolute atomic E-state index is 12.1. The highest BCUT2D eigenvalue weighted by Gasteiger charge is 2.15. The molecule has 5 nitrogen and oxygen atoms in total. The van der Waals surface area contributed by atoms with Crippen LogP contribution in [0.15, 0.2) is 10.9 Å². The van der Waals surface area contributed by atoms with Crippen LogP contribution in [0.3, 0.4) is 0 Å². The molecule has 0 aliphatic carbocycles. The molecule has 0 amide bonds. The molecule has 0 atom stereocenters. The largest absolute Gasteiger partial charge is 0.356 e. The molecule has 0 radical (unpaired) electrons. The maximum Gasteiger partial charge on any atom is 0.277 e. The molecule has 3 rings (SSSR count). The summed E-state index contributed by atoms with van der Waals surface area (Å²) in [5.74, 6) is 0.816. The average molecular weight is 278 g/mol. The lowest BCUT2D eigenvalue weighted by molar-refractivity contribution is 0.573. The molecule has 1 aliphatic heterocycles. The summed E-state index contributed by atoms with van der Waals surface area (Å²) >= 11 is 1.53. The fraction of sp³-hybridized carbons (Fsp3) is 0.615. The van der Waals surface area contributed by atoms with E-state index in [1.54, 1.807) is 6.07 Å². The van der Waals surface area contributed by atoms with Gasteiger partial charge in [-0.3, -0.25) is 4.79 Å². The Balaban J connectivity index is 2.00. The van der Waals surface area contributed by atoms with Crippen molar-refractivity contribution in [2.24, 2.45) is 0 Å². The molecular formula is C13H18N4OS. The summed E-state index contributed by atoms with van der Waals surface area (Å²) in [7, 11) is 0. The van der Waals surface area contributed by atoms with Crippen LogP contribution in [0.1, 0.15) is 37.6 Å². The molecule has 0 spiro atoms. The van der Waals surface area contributed by atoms with Gasteiger partial charge < -0.3 is 4.90 Å². The zero-order valence-corrected chi connectivity index (χ0v) is 11.9. The Morgan fingerprint density at radius 1 is 1.32 bits per heavy atom. The number of aryl methyl sites for hydroxylation is 1. The topological polar surface area (TPSA) is 50.5 Å². The first-order valence-corrected chi connectivity index (χ1v) is 7.74. The van der Waals surface area contributed by atoms with Gasteiger partial charge in [-0.1, -0.05) is 18.3 Å². The summed E-state index contributed by atoms with van der Waals surface area (Å²) in [5.41, 5.74) is -0.0656. The van der Waals surface area contributed by atoms with Crippen molar-refractivity contribution in [2.75, 3.05) is 18.0 Å². The van der Waals surface area contributed by atoms with Gasteiger partial charge in [0.05, 0.1) is 0 Å². The quantitative estimate of drug-likeness (QED) is 0.862. The number of piperidine rings is 1. The second-order valence-electron chi connectivity index (χ2n) is 4.94. The fourth-order valence-corrected chi connectivity index (χ4v) is 3.43. The Morgan fingerprint density at radius 3 is 2.84 bits per heavy atom. The van der Waals surface area contributed by atoms with Gasteiger partial charge in [0, 0.05) is 25.6 Å². The van der Waals surface area contributed by atoms with Gasteiger partial charge in [0.25, 0.3) is 5.56 Å². The zero-order valence-electron chi connectivity index (χ0n) is 11.1. The van der Waals surface area contributed by atoms with Crippen molar-refractivity contribution >= 4 is 22.1 Å². The molecule has 0 aromatic carbocycles. The third-order valence-corrected chi connectivity index (χ3v) is 4.39. The number of anilines is 1. The van der Waals surface area contributed by atoms with Crippen LogP contribution >= 0.6 is 11.3 Å². The number of fused-ring (bicyclic) bond motifs is 1. The predicted molar refractivity (Wildman–Crippen MR) is 77.2 cm³/mol. The van der Waals surface area contributed by atoms with Crippen molar-refractivity contribution in [1.29, 1.82) is 0 Å². The van der Waals surface area contributed by atoms with E-state index in [0.717, 1.165) is 41.7 Å². The van der Waals surface area contributed by atoms with Crippen LogP contribution in [0.4, 0.5) is 5.82 Å². The van der Waals surface area contributed by atoms with Gasteiger partial charge in [0.15, 0.2) is 0 Å². The van der Waals surface area contributed by atoms with Crippen LogP contribution in [-0.4, -0.2) is 27.7 Å². The van der Waals surface area contributed by atoms with Gasteiger partial charge in [0.2, 0.25) is 4.96 Å². The standard InChI is InChI=1S/C13H18N4OS/c1-2-6-11-15-17-12(18)9-10(14-13(17)19-11)16-7-4-3-5-8-16/h9H,2-8H2,1H3. The number of nitrogens with zero attached hydrogens (tertiary/aromatic N) is 4. The molecule has 1 fully saturated rings. The second kappa shape index (κ2) is 5.28. The smallest absolute Gasteiger partial charge is 0.277 e. The minimum atomic E-state index is -0.0656. The summed E-state index contributed by atoms with van der Waals surface area (Å²) in [6, 6.07) is 1.62. The van der Waals surface area contributed by atoms with Gasteiger partial charge in [-0.15, -0.1) is 0 Å². The molecule has 2 aromatic heterocycles. The summed E-state index contributed by atoms with van der Waals surface area (Å²) in [4.78, 5) is 19.6. The van der Waals surface area contributed by atoms with E-state index < -0.39 is 0 Å². The molecule has 0 saturated carbocycles. The van der Waals surface area contributed by atoms with Gasteiger partial charge in [-0.05, 0) is 25.7 Å². The molecule has 102 valence electrons. The minimum Gasteiger partial charge on any atom is -0.356 e. The van der Waals surface area contributed by atoms with E-state index in [1.807, 2.05) is 0 Å². The molecule has 0 N–H and O–H groups in total. The van der Waals surface area contributed by atoms with Crippen LogP contribution in [0.2, 0.25) is 0 Å². The lowest BCUT2D eigenvalue weighted by Crippen LogP contribution is -2.31. The number of aromatic nitrogens is 3. The molecule has 3 heterocycles. The summed E-state index contributed by atoms with van der Waals surface area (Å²) in [6.45, 7) is 4.12. The van der Waals surface area contributed by atoms with Crippen LogP contribution < -0.4 is 10.5 Å². The summed E-state index contributed by atoms with van der Waals surface area (Å²) in [6.07, 6.45) is 5.59. The third-order valence-electron chi connectivity index (χ3n) is 3.42. The summed E-state index contributed by atoms with van der Waals surface area (Å²) in [5, 5.41) is 5.32. The lowest BCUT2D eigenvalue weighted by atomic mass is 10.1. The van der Waals surface area contributed by atoms with Crippen molar-refractivity contribution in [3.8, 4) is 0 Å². The van der Waals surface area contributed by atoms with Gasteiger partial charge in [0.1, 0.15) is 10.8 Å². The van der Waals surface area contributed by atoms with Crippen LogP contribution in [0, 0.1) is 0 Å². The monoisotopic (exact) mass is 278 g/mol. The van der Waals surface area contributed by atoms with Crippen LogP contribution in [0.5, 0.6) is 0 Å². The molecule has 19 heavy (non-hydrogen) atoms. The third kappa shape index (κ3) is 2.49. The Morgan fingerprint density at radius 2 is 2.11 bits per heavy atom. The van der Waals surface area contributed by atoms with Crippen molar-refractivity contribution in [1.82, 2.24) is 14.6 Å². The van der Waals surface area contributed by atoms with Gasteiger partial charge in [-0.25, -0.2) is 4.98 Å². The number of hydrogen-bond acceptors (Lipinski definition) is 5.